The molecule has 0 radical (unpaired) electrons. The summed E-state index contributed by atoms with van der Waals surface area (Å²) in [4.78, 5) is 11.4. The second-order valence-corrected chi connectivity index (χ2v) is 3.33. The van der Waals surface area contributed by atoms with E-state index in [9.17, 15) is 4.79 Å². The van der Waals surface area contributed by atoms with Gasteiger partial charge in [0.05, 0.1) is 29.3 Å². The Kier molecular flexibility index (Phi) is 3.70. The number of nitrogens with zero attached hydrogens (tertiary/aromatic N) is 1. The zero-order chi connectivity index (χ0) is 11.4. The van der Waals surface area contributed by atoms with Gasteiger partial charge >= 0.3 is 5.97 Å². The Hall–Kier alpha value is -1.53. The molecule has 0 fully saturated rings. The Morgan fingerprint density at radius 2 is 2.27 bits per heavy atom. The normalized spacial score (nSPS) is 9.47. The van der Waals surface area contributed by atoms with Crippen LogP contribution in [0.1, 0.15) is 28.4 Å². The van der Waals surface area contributed by atoms with E-state index in [0.29, 0.717) is 17.0 Å². The minimum atomic E-state index is -0.521. The third kappa shape index (κ3) is 2.28. The number of hydrogen-bond acceptors (Lipinski definition) is 3. The van der Waals surface area contributed by atoms with Crippen LogP contribution in [-0.4, -0.2) is 13.1 Å². The average Bonchev–Trinajstić information content (AvgIpc) is 2.28. The fourth-order valence-corrected chi connectivity index (χ4v) is 1.58. The summed E-state index contributed by atoms with van der Waals surface area (Å²) >= 11 is 6.00. The number of aryl methyl sites for hydroxylation is 1. The first kappa shape index (κ1) is 11.5. The third-order valence-electron chi connectivity index (χ3n) is 2.06. The molecule has 3 nitrogen and oxygen atoms in total. The van der Waals surface area contributed by atoms with Crippen molar-refractivity contribution in [1.29, 1.82) is 5.26 Å². The summed E-state index contributed by atoms with van der Waals surface area (Å²) in [5.41, 5.74) is 1.43. The molecule has 0 saturated heterocycles. The van der Waals surface area contributed by atoms with Crippen molar-refractivity contribution in [3.63, 3.8) is 0 Å². The molecule has 78 valence electrons. The Balaban J connectivity index is 3.38. The highest BCUT2D eigenvalue weighted by atomic mass is 35.5. The summed E-state index contributed by atoms with van der Waals surface area (Å²) in [7, 11) is 1.28. The summed E-state index contributed by atoms with van der Waals surface area (Å²) in [6.07, 6.45) is 0.665. The quantitative estimate of drug-likeness (QED) is 0.724. The van der Waals surface area contributed by atoms with E-state index in [1.54, 1.807) is 6.07 Å². The van der Waals surface area contributed by atoms with Gasteiger partial charge < -0.3 is 4.74 Å². The van der Waals surface area contributed by atoms with Crippen molar-refractivity contribution >= 4 is 17.6 Å². The molecule has 1 aromatic rings. The van der Waals surface area contributed by atoms with Gasteiger partial charge in [0.25, 0.3) is 0 Å². The Morgan fingerprint density at radius 3 is 2.73 bits per heavy atom. The number of carbonyl (C=O) groups excluding carboxylic acids is 1. The summed E-state index contributed by atoms with van der Waals surface area (Å²) < 4.78 is 4.58. The van der Waals surface area contributed by atoms with Gasteiger partial charge in [-0.05, 0) is 24.1 Å². The molecule has 0 unspecified atom stereocenters. The van der Waals surface area contributed by atoms with Crippen LogP contribution in [0.25, 0.3) is 0 Å². The molecule has 0 saturated carbocycles. The van der Waals surface area contributed by atoms with Gasteiger partial charge in [-0.15, -0.1) is 0 Å². The summed E-state index contributed by atoms with van der Waals surface area (Å²) in [6, 6.07) is 5.10. The standard InChI is InChI=1S/C11H10ClNO2/c1-3-8-4-7(6-13)5-9(10(8)12)11(14)15-2/h4-5H,3H2,1-2H3. The molecule has 0 bridgehead atoms. The lowest BCUT2D eigenvalue weighted by molar-refractivity contribution is 0.0601. The minimum absolute atomic E-state index is 0.245. The average molecular weight is 224 g/mol. The molecule has 0 aliphatic carbocycles. The molecule has 0 N–H and O–H groups in total. The van der Waals surface area contributed by atoms with E-state index in [2.05, 4.69) is 4.74 Å². The molecule has 0 amide bonds. The van der Waals surface area contributed by atoms with Crippen molar-refractivity contribution in [3.8, 4) is 6.07 Å². The Bertz CT molecular complexity index is 435. The van der Waals surface area contributed by atoms with E-state index >= 15 is 0 Å². The van der Waals surface area contributed by atoms with Crippen LogP contribution in [0.4, 0.5) is 0 Å². The van der Waals surface area contributed by atoms with Gasteiger partial charge in [0.2, 0.25) is 0 Å². The minimum Gasteiger partial charge on any atom is -0.465 e. The lowest BCUT2D eigenvalue weighted by Crippen LogP contribution is -2.04. The van der Waals surface area contributed by atoms with Crippen LogP contribution in [0.15, 0.2) is 12.1 Å². The van der Waals surface area contributed by atoms with E-state index in [1.807, 2.05) is 13.0 Å². The molecule has 15 heavy (non-hydrogen) atoms. The molecule has 0 spiro atoms. The Morgan fingerprint density at radius 1 is 1.60 bits per heavy atom. The van der Waals surface area contributed by atoms with Crippen LogP contribution < -0.4 is 0 Å². The number of rotatable bonds is 2. The lowest BCUT2D eigenvalue weighted by Gasteiger charge is -2.07. The number of esters is 1. The van der Waals surface area contributed by atoms with Crippen molar-refractivity contribution in [2.24, 2.45) is 0 Å². The zero-order valence-electron chi connectivity index (χ0n) is 8.50. The summed E-state index contributed by atoms with van der Waals surface area (Å²) in [5.74, 6) is -0.521. The van der Waals surface area contributed by atoms with Crippen LogP contribution >= 0.6 is 11.6 Å². The monoisotopic (exact) mass is 223 g/mol. The van der Waals surface area contributed by atoms with Crippen molar-refractivity contribution in [2.45, 2.75) is 13.3 Å². The maximum Gasteiger partial charge on any atom is 0.339 e. The Labute approximate surface area is 93.2 Å². The van der Waals surface area contributed by atoms with Gasteiger partial charge in [-0.25, -0.2) is 4.79 Å². The van der Waals surface area contributed by atoms with E-state index in [0.717, 1.165) is 5.56 Å². The molecule has 0 heterocycles. The largest absolute Gasteiger partial charge is 0.465 e. The highest BCUT2D eigenvalue weighted by Crippen LogP contribution is 2.24. The molecule has 0 atom stereocenters. The predicted molar refractivity (Wildman–Crippen MR) is 56.9 cm³/mol. The number of benzene rings is 1. The highest BCUT2D eigenvalue weighted by Gasteiger charge is 2.14. The number of methoxy groups -OCH3 is 1. The van der Waals surface area contributed by atoms with Crippen LogP contribution in [-0.2, 0) is 11.2 Å². The van der Waals surface area contributed by atoms with Gasteiger partial charge in [-0.3, -0.25) is 0 Å². The van der Waals surface area contributed by atoms with Crippen LogP contribution in [0.3, 0.4) is 0 Å². The molecular formula is C11H10ClNO2. The number of hydrogen-bond donors (Lipinski definition) is 0. The number of ether oxygens (including phenoxy) is 1. The fraction of sp³-hybridized carbons (Fsp3) is 0.273. The zero-order valence-corrected chi connectivity index (χ0v) is 9.26. The number of nitriles is 1. The van der Waals surface area contributed by atoms with Gasteiger partial charge in [-0.1, -0.05) is 18.5 Å². The van der Waals surface area contributed by atoms with Crippen molar-refractivity contribution < 1.29 is 9.53 Å². The first-order chi connectivity index (χ1) is 7.13. The molecule has 0 aliphatic heterocycles. The van der Waals surface area contributed by atoms with Gasteiger partial charge in [0, 0.05) is 0 Å². The SMILES string of the molecule is CCc1cc(C#N)cc(C(=O)OC)c1Cl. The van der Waals surface area contributed by atoms with Crippen LogP contribution in [0.2, 0.25) is 5.02 Å². The lowest BCUT2D eigenvalue weighted by atomic mass is 10.0. The molecule has 1 rings (SSSR count). The van der Waals surface area contributed by atoms with Crippen molar-refractivity contribution in [1.82, 2.24) is 0 Å². The van der Waals surface area contributed by atoms with Crippen LogP contribution in [0.5, 0.6) is 0 Å². The van der Waals surface area contributed by atoms with E-state index in [1.165, 1.54) is 13.2 Å². The van der Waals surface area contributed by atoms with Gasteiger partial charge in [0.15, 0.2) is 0 Å². The molecule has 4 heteroatoms. The summed E-state index contributed by atoms with van der Waals surface area (Å²) in [6.45, 7) is 1.91. The third-order valence-corrected chi connectivity index (χ3v) is 2.51. The maximum atomic E-state index is 11.4. The topological polar surface area (TPSA) is 50.1 Å². The second-order valence-electron chi connectivity index (χ2n) is 2.95. The first-order valence-corrected chi connectivity index (χ1v) is 4.82. The second kappa shape index (κ2) is 4.81. The first-order valence-electron chi connectivity index (χ1n) is 4.44. The number of halogens is 1. The molecule has 1 aromatic carbocycles. The van der Waals surface area contributed by atoms with E-state index < -0.39 is 5.97 Å². The smallest absolute Gasteiger partial charge is 0.339 e. The molecule has 0 aromatic heterocycles. The van der Waals surface area contributed by atoms with E-state index in [-0.39, 0.29) is 5.56 Å². The highest BCUT2D eigenvalue weighted by molar-refractivity contribution is 6.34. The van der Waals surface area contributed by atoms with Gasteiger partial charge in [0.1, 0.15) is 0 Å². The summed E-state index contributed by atoms with van der Waals surface area (Å²) in [5, 5.41) is 9.15. The van der Waals surface area contributed by atoms with E-state index in [4.69, 9.17) is 16.9 Å². The number of carbonyl (C=O) groups is 1. The van der Waals surface area contributed by atoms with Gasteiger partial charge in [-0.2, -0.15) is 5.26 Å². The molecular weight excluding hydrogens is 214 g/mol. The maximum absolute atomic E-state index is 11.4. The fourth-order valence-electron chi connectivity index (χ4n) is 1.26. The van der Waals surface area contributed by atoms with Crippen molar-refractivity contribution in [3.05, 3.63) is 33.8 Å². The van der Waals surface area contributed by atoms with Crippen LogP contribution in [0, 0.1) is 11.3 Å². The predicted octanol–water partition coefficient (Wildman–Crippen LogP) is 2.56. The molecule has 0 aliphatic rings. The van der Waals surface area contributed by atoms with Crippen molar-refractivity contribution in [2.75, 3.05) is 7.11 Å².